The van der Waals surface area contributed by atoms with Crippen LogP contribution in [0.15, 0.2) is 12.1 Å². The van der Waals surface area contributed by atoms with E-state index < -0.39 is 43.3 Å². The predicted octanol–water partition coefficient (Wildman–Crippen LogP) is 4.53. The molecule has 12 heteroatoms. The van der Waals surface area contributed by atoms with Crippen LogP contribution in [0.3, 0.4) is 0 Å². The third-order valence-electron chi connectivity index (χ3n) is 4.95. The zero-order valence-electron chi connectivity index (χ0n) is 14.9. The Morgan fingerprint density at radius 3 is 2.41 bits per heavy atom. The first-order valence-electron chi connectivity index (χ1n) is 8.69. The van der Waals surface area contributed by atoms with Crippen molar-refractivity contribution in [1.82, 2.24) is 10.2 Å². The molecular formula is C17H17ClF6N2O3. The second-order valence-electron chi connectivity index (χ2n) is 6.86. The summed E-state index contributed by atoms with van der Waals surface area (Å²) in [7, 11) is 0. The van der Waals surface area contributed by atoms with E-state index in [1.54, 1.807) is 6.07 Å². The Bertz CT molecular complexity index is 770. The summed E-state index contributed by atoms with van der Waals surface area (Å²) in [4.78, 5) is 12.7. The lowest BCUT2D eigenvalue weighted by Gasteiger charge is -2.33. The molecule has 0 radical (unpaired) electrons. The minimum Gasteiger partial charge on any atom is -0.489 e. The zero-order valence-corrected chi connectivity index (χ0v) is 15.7. The molecule has 2 amide bonds. The Kier molecular flexibility index (Phi) is 5.72. The Morgan fingerprint density at radius 1 is 1.14 bits per heavy atom. The number of ether oxygens (including phenoxy) is 2. The molecular weight excluding hydrogens is 430 g/mol. The summed E-state index contributed by atoms with van der Waals surface area (Å²) < 4.78 is 89.7. The molecule has 0 aromatic heterocycles. The van der Waals surface area contributed by atoms with Gasteiger partial charge in [-0.05, 0) is 24.1 Å². The number of hydrogen-bond donors (Lipinski definition) is 1. The van der Waals surface area contributed by atoms with Gasteiger partial charge in [-0.3, -0.25) is 0 Å². The quantitative estimate of drug-likeness (QED) is 0.679. The number of halogens is 7. The van der Waals surface area contributed by atoms with Gasteiger partial charge in [0, 0.05) is 26.1 Å². The van der Waals surface area contributed by atoms with Crippen molar-refractivity contribution in [3.63, 3.8) is 0 Å². The first-order valence-corrected chi connectivity index (χ1v) is 9.07. The predicted molar refractivity (Wildman–Crippen MR) is 90.0 cm³/mol. The van der Waals surface area contributed by atoms with Crippen LogP contribution in [0.5, 0.6) is 11.5 Å². The normalized spacial score (nSPS) is 19.1. The fourth-order valence-electron chi connectivity index (χ4n) is 3.28. The van der Waals surface area contributed by atoms with Crippen molar-refractivity contribution in [3.05, 3.63) is 22.7 Å². The summed E-state index contributed by atoms with van der Waals surface area (Å²) in [5, 5.41) is 2.55. The van der Waals surface area contributed by atoms with Crippen LogP contribution in [-0.4, -0.2) is 49.6 Å². The maximum absolute atomic E-state index is 13.1. The Morgan fingerprint density at radius 2 is 1.79 bits per heavy atom. The number of fused-ring (bicyclic) bond motifs is 1. The van der Waals surface area contributed by atoms with Crippen LogP contribution in [0.4, 0.5) is 31.1 Å². The minimum absolute atomic E-state index is 0.156. The van der Waals surface area contributed by atoms with Crippen molar-refractivity contribution in [2.24, 2.45) is 5.41 Å². The maximum atomic E-state index is 13.1. The largest absolute Gasteiger partial charge is 0.489 e. The molecule has 0 saturated carbocycles. The number of carbonyl (C=O) groups is 1. The second-order valence-corrected chi connectivity index (χ2v) is 7.27. The van der Waals surface area contributed by atoms with Gasteiger partial charge in [-0.2, -0.15) is 26.3 Å². The maximum Gasteiger partial charge on any atom is 0.404 e. The highest BCUT2D eigenvalue weighted by Crippen LogP contribution is 2.55. The van der Waals surface area contributed by atoms with Crippen LogP contribution in [0.2, 0.25) is 5.02 Å². The van der Waals surface area contributed by atoms with Gasteiger partial charge in [-0.25, -0.2) is 4.79 Å². The van der Waals surface area contributed by atoms with Crippen LogP contribution in [0.1, 0.15) is 18.4 Å². The van der Waals surface area contributed by atoms with E-state index >= 15 is 0 Å². The lowest BCUT2D eigenvalue weighted by atomic mass is 9.85. The van der Waals surface area contributed by atoms with Crippen LogP contribution < -0.4 is 14.8 Å². The fraction of sp³-hybridized carbons (Fsp3) is 0.588. The van der Waals surface area contributed by atoms with Gasteiger partial charge in [-0.1, -0.05) is 11.6 Å². The monoisotopic (exact) mass is 446 g/mol. The molecule has 0 atom stereocenters. The molecule has 1 aromatic rings. The number of nitrogens with one attached hydrogen (secondary N) is 1. The van der Waals surface area contributed by atoms with Crippen LogP contribution in [0.25, 0.3) is 0 Å². The van der Waals surface area contributed by atoms with E-state index in [-0.39, 0.29) is 11.6 Å². The molecule has 1 aromatic carbocycles. The molecule has 0 aliphatic carbocycles. The molecule has 5 nitrogen and oxygen atoms in total. The molecule has 0 spiro atoms. The highest BCUT2D eigenvalue weighted by molar-refractivity contribution is 6.32. The van der Waals surface area contributed by atoms with Gasteiger partial charge in [0.25, 0.3) is 0 Å². The SMILES string of the molecule is O=C(NCc1cc(Cl)c2c(c1)OCCCO2)N1CCC(C(F)(F)F)(C(F)(F)F)C1. The van der Waals surface area contributed by atoms with E-state index in [0.717, 1.165) is 0 Å². The average Bonchev–Trinajstić information content (AvgIpc) is 2.96. The lowest BCUT2D eigenvalue weighted by Crippen LogP contribution is -2.52. The third-order valence-corrected chi connectivity index (χ3v) is 5.23. The van der Waals surface area contributed by atoms with E-state index in [9.17, 15) is 31.1 Å². The van der Waals surface area contributed by atoms with Gasteiger partial charge in [0.05, 0.1) is 18.2 Å². The number of urea groups is 1. The number of amides is 2. The van der Waals surface area contributed by atoms with Gasteiger partial charge in [0.2, 0.25) is 0 Å². The molecule has 2 aliphatic rings. The molecule has 2 aliphatic heterocycles. The van der Waals surface area contributed by atoms with Crippen molar-refractivity contribution >= 4 is 17.6 Å². The molecule has 0 unspecified atom stereocenters. The molecule has 1 fully saturated rings. The summed E-state index contributed by atoms with van der Waals surface area (Å²) >= 11 is 6.12. The van der Waals surface area contributed by atoms with E-state index in [4.69, 9.17) is 21.1 Å². The van der Waals surface area contributed by atoms with E-state index in [0.29, 0.717) is 41.6 Å². The van der Waals surface area contributed by atoms with Gasteiger partial charge < -0.3 is 19.7 Å². The molecule has 3 rings (SSSR count). The average molecular weight is 447 g/mol. The first-order chi connectivity index (χ1) is 13.4. The molecule has 1 saturated heterocycles. The standard InChI is InChI=1S/C17H17ClF6N2O3/c18-11-6-10(7-12-13(11)29-5-1-4-28-12)8-25-14(27)26-3-2-15(9-26,16(19,20)21)17(22,23)24/h6-7H,1-5,8-9H2,(H,25,27). The van der Waals surface area contributed by atoms with Crippen molar-refractivity contribution < 1.29 is 40.6 Å². The number of alkyl halides is 6. The summed E-state index contributed by atoms with van der Waals surface area (Å²) in [5.74, 6) is 0.701. The number of hydrogen-bond acceptors (Lipinski definition) is 3. The van der Waals surface area contributed by atoms with Crippen molar-refractivity contribution in [3.8, 4) is 11.5 Å². The minimum atomic E-state index is -5.51. The number of carbonyl (C=O) groups excluding carboxylic acids is 1. The summed E-state index contributed by atoms with van der Waals surface area (Å²) in [6.45, 7) is -1.49. The lowest BCUT2D eigenvalue weighted by molar-refractivity contribution is -0.334. The van der Waals surface area contributed by atoms with Crippen molar-refractivity contribution in [1.29, 1.82) is 0 Å². The highest BCUT2D eigenvalue weighted by atomic mass is 35.5. The molecule has 2 heterocycles. The summed E-state index contributed by atoms with van der Waals surface area (Å²) in [5.41, 5.74) is -3.46. The number of rotatable bonds is 2. The van der Waals surface area contributed by atoms with E-state index in [1.807, 2.05) is 0 Å². The molecule has 162 valence electrons. The van der Waals surface area contributed by atoms with Gasteiger partial charge in [0.1, 0.15) is 0 Å². The van der Waals surface area contributed by atoms with Gasteiger partial charge in [0.15, 0.2) is 16.9 Å². The smallest absolute Gasteiger partial charge is 0.404 e. The van der Waals surface area contributed by atoms with Crippen molar-refractivity contribution in [2.45, 2.75) is 31.7 Å². The molecule has 1 N–H and O–H groups in total. The Labute approximate surface area is 166 Å². The topological polar surface area (TPSA) is 50.8 Å². The van der Waals surface area contributed by atoms with Crippen molar-refractivity contribution in [2.75, 3.05) is 26.3 Å². The summed E-state index contributed by atoms with van der Waals surface area (Å²) in [6.07, 6.45) is -11.6. The zero-order chi connectivity index (χ0) is 21.4. The van der Waals surface area contributed by atoms with Crippen LogP contribution in [0, 0.1) is 5.41 Å². The number of benzene rings is 1. The van der Waals surface area contributed by atoms with Crippen LogP contribution >= 0.6 is 11.6 Å². The highest BCUT2D eigenvalue weighted by Gasteiger charge is 2.72. The number of likely N-dealkylation sites (tertiary alicyclic amines) is 1. The Balaban J connectivity index is 1.68. The van der Waals surface area contributed by atoms with Crippen LogP contribution in [-0.2, 0) is 6.54 Å². The van der Waals surface area contributed by atoms with E-state index in [2.05, 4.69) is 5.32 Å². The number of nitrogens with zero attached hydrogens (tertiary/aromatic N) is 1. The fourth-order valence-corrected chi connectivity index (χ4v) is 3.57. The third kappa shape index (κ3) is 4.15. The first kappa shape index (κ1) is 21.7. The Hall–Kier alpha value is -2.04. The van der Waals surface area contributed by atoms with Gasteiger partial charge in [-0.15, -0.1) is 0 Å². The van der Waals surface area contributed by atoms with Gasteiger partial charge >= 0.3 is 18.4 Å². The van der Waals surface area contributed by atoms with E-state index in [1.165, 1.54) is 6.07 Å². The molecule has 0 bridgehead atoms. The molecule has 29 heavy (non-hydrogen) atoms. The second kappa shape index (κ2) is 7.66. The summed E-state index contributed by atoms with van der Waals surface area (Å²) in [6, 6.07) is 2.00.